The van der Waals surface area contributed by atoms with Crippen molar-refractivity contribution in [3.63, 3.8) is 0 Å². The summed E-state index contributed by atoms with van der Waals surface area (Å²) in [6.45, 7) is 3.37. The molecule has 2 N–H and O–H groups in total. The number of hydrogen-bond donors (Lipinski definition) is 1. The van der Waals surface area contributed by atoms with Crippen molar-refractivity contribution < 1.29 is 19.0 Å². The second-order valence-corrected chi connectivity index (χ2v) is 5.54. The molecule has 2 unspecified atom stereocenters. The molecule has 130 valence electrons. The molecular weight excluding hydrogens is 320 g/mol. The highest BCUT2D eigenvalue weighted by Gasteiger charge is 2.31. The van der Waals surface area contributed by atoms with Crippen LogP contribution in [0.2, 0.25) is 0 Å². The third-order valence-corrected chi connectivity index (χ3v) is 4.19. The number of nitrogens with two attached hydrogens (primary N) is 1. The highest BCUT2D eigenvalue weighted by atomic mass is 35.5. The van der Waals surface area contributed by atoms with E-state index in [1.165, 1.54) is 14.2 Å². The lowest BCUT2D eigenvalue weighted by Crippen LogP contribution is -2.33. The Morgan fingerprint density at radius 3 is 2.35 bits per heavy atom. The van der Waals surface area contributed by atoms with Gasteiger partial charge in [0.15, 0.2) is 11.5 Å². The van der Waals surface area contributed by atoms with Crippen LogP contribution in [0.1, 0.15) is 23.7 Å². The molecule has 7 heteroatoms. The summed E-state index contributed by atoms with van der Waals surface area (Å²) < 4.78 is 16.0. The van der Waals surface area contributed by atoms with Crippen molar-refractivity contribution in [2.75, 3.05) is 34.4 Å². The number of halogens is 1. The number of amides is 1. The molecule has 2 atom stereocenters. The van der Waals surface area contributed by atoms with Gasteiger partial charge >= 0.3 is 0 Å². The standard InChI is InChI=1S/C16H24N2O4.ClH/c1-10(17)11-7-8-18(9-11)16(19)12-5-6-13(20-2)15(22-4)14(12)21-3;/h5-6,10-11H,7-9,17H2,1-4H3;1H. The van der Waals surface area contributed by atoms with Crippen LogP contribution < -0.4 is 19.9 Å². The van der Waals surface area contributed by atoms with Gasteiger partial charge in [0.2, 0.25) is 5.75 Å². The van der Waals surface area contributed by atoms with E-state index in [2.05, 4.69) is 0 Å². The molecular formula is C16H25ClN2O4. The molecule has 1 heterocycles. The summed E-state index contributed by atoms with van der Waals surface area (Å²) in [5.74, 6) is 1.64. The predicted octanol–water partition coefficient (Wildman–Crippen LogP) is 1.94. The molecule has 0 radical (unpaired) electrons. The Labute approximate surface area is 143 Å². The fraction of sp³-hybridized carbons (Fsp3) is 0.562. The third kappa shape index (κ3) is 3.82. The average molecular weight is 345 g/mol. The molecule has 6 nitrogen and oxygen atoms in total. The molecule has 2 rings (SSSR count). The lowest BCUT2D eigenvalue weighted by Gasteiger charge is -2.21. The van der Waals surface area contributed by atoms with E-state index in [4.69, 9.17) is 19.9 Å². The average Bonchev–Trinajstić information content (AvgIpc) is 3.02. The molecule has 1 aliphatic heterocycles. The molecule has 1 fully saturated rings. The first-order valence-electron chi connectivity index (χ1n) is 7.37. The highest BCUT2D eigenvalue weighted by Crippen LogP contribution is 2.40. The van der Waals surface area contributed by atoms with Crippen LogP contribution in [0.4, 0.5) is 0 Å². The first-order valence-corrected chi connectivity index (χ1v) is 7.37. The molecule has 0 aromatic heterocycles. The summed E-state index contributed by atoms with van der Waals surface area (Å²) in [5, 5.41) is 0. The minimum atomic E-state index is -0.0686. The first kappa shape index (κ1) is 19.4. The van der Waals surface area contributed by atoms with Gasteiger partial charge in [-0.25, -0.2) is 0 Å². The van der Waals surface area contributed by atoms with E-state index < -0.39 is 0 Å². The molecule has 1 saturated heterocycles. The van der Waals surface area contributed by atoms with Gasteiger partial charge in [-0.3, -0.25) is 4.79 Å². The van der Waals surface area contributed by atoms with Crippen molar-refractivity contribution in [2.45, 2.75) is 19.4 Å². The molecule has 23 heavy (non-hydrogen) atoms. The third-order valence-electron chi connectivity index (χ3n) is 4.19. The number of ether oxygens (including phenoxy) is 3. The summed E-state index contributed by atoms with van der Waals surface area (Å²) in [6, 6.07) is 3.51. The Balaban J connectivity index is 0.00000264. The van der Waals surface area contributed by atoms with Gasteiger partial charge in [-0.2, -0.15) is 0 Å². The second-order valence-electron chi connectivity index (χ2n) is 5.54. The fourth-order valence-electron chi connectivity index (χ4n) is 2.84. The number of carbonyl (C=O) groups excluding carboxylic acids is 1. The number of carbonyl (C=O) groups is 1. The van der Waals surface area contributed by atoms with Crippen LogP contribution in [0, 0.1) is 5.92 Å². The number of methoxy groups -OCH3 is 3. The van der Waals surface area contributed by atoms with Crippen molar-refractivity contribution in [3.05, 3.63) is 17.7 Å². The quantitative estimate of drug-likeness (QED) is 0.883. The number of benzene rings is 1. The number of rotatable bonds is 5. The minimum absolute atomic E-state index is 0. The van der Waals surface area contributed by atoms with Gasteiger partial charge in [0, 0.05) is 19.1 Å². The summed E-state index contributed by atoms with van der Waals surface area (Å²) in [6.07, 6.45) is 0.930. The maximum atomic E-state index is 12.8. The zero-order valence-electron chi connectivity index (χ0n) is 14.0. The van der Waals surface area contributed by atoms with Crippen LogP contribution in [0.3, 0.4) is 0 Å². The van der Waals surface area contributed by atoms with Crippen LogP contribution in [-0.2, 0) is 0 Å². The summed E-state index contributed by atoms with van der Waals surface area (Å²) in [5.41, 5.74) is 6.42. The van der Waals surface area contributed by atoms with Gasteiger partial charge in [0.25, 0.3) is 5.91 Å². The van der Waals surface area contributed by atoms with Gasteiger partial charge in [0.1, 0.15) is 0 Å². The predicted molar refractivity (Wildman–Crippen MR) is 91.0 cm³/mol. The molecule has 0 spiro atoms. The maximum Gasteiger partial charge on any atom is 0.257 e. The molecule has 1 aromatic rings. The van der Waals surface area contributed by atoms with E-state index in [1.54, 1.807) is 19.2 Å². The summed E-state index contributed by atoms with van der Waals surface area (Å²) in [4.78, 5) is 14.6. The van der Waals surface area contributed by atoms with Crippen molar-refractivity contribution in [1.82, 2.24) is 4.90 Å². The van der Waals surface area contributed by atoms with E-state index in [-0.39, 0.29) is 24.4 Å². The van der Waals surface area contributed by atoms with E-state index in [0.717, 1.165) is 6.42 Å². The van der Waals surface area contributed by atoms with Crippen LogP contribution in [0.25, 0.3) is 0 Å². The molecule has 1 amide bonds. The summed E-state index contributed by atoms with van der Waals surface area (Å²) >= 11 is 0. The van der Waals surface area contributed by atoms with E-state index in [0.29, 0.717) is 41.8 Å². The highest BCUT2D eigenvalue weighted by molar-refractivity contribution is 5.98. The first-order chi connectivity index (χ1) is 10.5. The minimum Gasteiger partial charge on any atom is -0.493 e. The SMILES string of the molecule is COc1ccc(C(=O)N2CCC(C(C)N)C2)c(OC)c1OC.Cl. The van der Waals surface area contributed by atoms with Crippen molar-refractivity contribution in [1.29, 1.82) is 0 Å². The zero-order chi connectivity index (χ0) is 16.3. The van der Waals surface area contributed by atoms with Gasteiger partial charge in [0.05, 0.1) is 26.9 Å². The van der Waals surface area contributed by atoms with Crippen LogP contribution >= 0.6 is 12.4 Å². The maximum absolute atomic E-state index is 12.8. The van der Waals surface area contributed by atoms with Crippen LogP contribution in [-0.4, -0.2) is 51.3 Å². The van der Waals surface area contributed by atoms with E-state index in [9.17, 15) is 4.79 Å². The second kappa shape index (κ2) is 8.26. The van der Waals surface area contributed by atoms with Crippen molar-refractivity contribution in [3.8, 4) is 17.2 Å². The summed E-state index contributed by atoms with van der Waals surface area (Å²) in [7, 11) is 4.59. The largest absolute Gasteiger partial charge is 0.493 e. The Morgan fingerprint density at radius 2 is 1.87 bits per heavy atom. The van der Waals surface area contributed by atoms with Crippen LogP contribution in [0.15, 0.2) is 12.1 Å². The van der Waals surface area contributed by atoms with Crippen molar-refractivity contribution >= 4 is 18.3 Å². The Bertz CT molecular complexity index is 551. The van der Waals surface area contributed by atoms with Gasteiger partial charge < -0.3 is 24.8 Å². The molecule has 0 saturated carbocycles. The Hall–Kier alpha value is -1.66. The Kier molecular flexibility index (Phi) is 6.97. The normalized spacial score (nSPS) is 18.1. The van der Waals surface area contributed by atoms with Crippen molar-refractivity contribution in [2.24, 2.45) is 11.7 Å². The zero-order valence-corrected chi connectivity index (χ0v) is 14.8. The molecule has 0 aliphatic carbocycles. The molecule has 1 aliphatic rings. The van der Waals surface area contributed by atoms with Gasteiger partial charge in [-0.15, -0.1) is 12.4 Å². The smallest absolute Gasteiger partial charge is 0.257 e. The lowest BCUT2D eigenvalue weighted by molar-refractivity contribution is 0.0782. The molecule has 1 aromatic carbocycles. The van der Waals surface area contributed by atoms with E-state index in [1.807, 2.05) is 11.8 Å². The number of nitrogens with zero attached hydrogens (tertiary/aromatic N) is 1. The van der Waals surface area contributed by atoms with E-state index >= 15 is 0 Å². The van der Waals surface area contributed by atoms with Gasteiger partial charge in [-0.1, -0.05) is 0 Å². The number of hydrogen-bond acceptors (Lipinski definition) is 5. The lowest BCUT2D eigenvalue weighted by atomic mass is 10.0. The van der Waals surface area contributed by atoms with Gasteiger partial charge in [-0.05, 0) is 31.4 Å². The topological polar surface area (TPSA) is 74.0 Å². The number of likely N-dealkylation sites (tertiary alicyclic amines) is 1. The molecule has 0 bridgehead atoms. The Morgan fingerprint density at radius 1 is 1.22 bits per heavy atom. The fourth-order valence-corrected chi connectivity index (χ4v) is 2.84. The van der Waals surface area contributed by atoms with Crippen LogP contribution in [0.5, 0.6) is 17.2 Å². The monoisotopic (exact) mass is 344 g/mol.